The van der Waals surface area contributed by atoms with Crippen LogP contribution in [0, 0.1) is 0 Å². The number of morpholine rings is 1. The van der Waals surface area contributed by atoms with Crippen molar-refractivity contribution < 1.29 is 19.0 Å². The Kier molecular flexibility index (Phi) is 7.11. The van der Waals surface area contributed by atoms with Gasteiger partial charge in [0, 0.05) is 24.8 Å². The van der Waals surface area contributed by atoms with Gasteiger partial charge in [-0.05, 0) is 24.3 Å². The van der Waals surface area contributed by atoms with Gasteiger partial charge in [-0.2, -0.15) is 4.98 Å². The normalized spacial score (nSPS) is 13.4. The quantitative estimate of drug-likeness (QED) is 0.492. The molecule has 1 fully saturated rings. The molecule has 0 spiro atoms. The Morgan fingerprint density at radius 1 is 1.09 bits per heavy atom. The predicted molar refractivity (Wildman–Crippen MR) is 127 cm³/mol. The molecule has 9 nitrogen and oxygen atoms in total. The number of methoxy groups -OCH3 is 2. The number of carbonyl (C=O) groups is 1. The highest BCUT2D eigenvalue weighted by atomic mass is 35.5. The van der Waals surface area contributed by atoms with Gasteiger partial charge in [0.25, 0.3) is 0 Å². The molecule has 1 aliphatic heterocycles. The van der Waals surface area contributed by atoms with E-state index in [1.54, 1.807) is 31.4 Å². The summed E-state index contributed by atoms with van der Waals surface area (Å²) in [5.74, 6) is 0.846. The lowest BCUT2D eigenvalue weighted by Gasteiger charge is -2.29. The van der Waals surface area contributed by atoms with E-state index in [4.69, 9.17) is 25.8 Å². The second-order valence-corrected chi connectivity index (χ2v) is 7.57. The maximum Gasteiger partial charge on any atom is 0.339 e. The third-order valence-electron chi connectivity index (χ3n) is 5.14. The van der Waals surface area contributed by atoms with Crippen LogP contribution >= 0.6 is 11.6 Å². The number of hydrogen-bond donors (Lipinski definition) is 2. The van der Waals surface area contributed by atoms with Crippen molar-refractivity contribution in [1.82, 2.24) is 9.97 Å². The van der Waals surface area contributed by atoms with Crippen molar-refractivity contribution in [3.63, 3.8) is 0 Å². The summed E-state index contributed by atoms with van der Waals surface area (Å²) in [5, 5.41) is 6.56. The Morgan fingerprint density at radius 3 is 2.64 bits per heavy atom. The third-order valence-corrected chi connectivity index (χ3v) is 5.41. The molecule has 2 N–H and O–H groups in total. The zero-order chi connectivity index (χ0) is 23.2. The summed E-state index contributed by atoms with van der Waals surface area (Å²) in [6, 6.07) is 12.8. The van der Waals surface area contributed by atoms with Gasteiger partial charge in [0.1, 0.15) is 10.8 Å². The molecule has 0 atom stereocenters. The Bertz CT molecular complexity index is 1140. The van der Waals surface area contributed by atoms with Gasteiger partial charge in [-0.15, -0.1) is 0 Å². The standard InChI is InChI=1S/C23H24ClN5O4/c1-31-20-13-15(29-9-11-33-12-10-29)7-8-19(20)27-23-25-14-17(24)21(28-23)26-18-6-4-3-5-16(18)22(30)32-2/h3-8,13-14H,9-12H2,1-2H3,(H2,25,26,27,28). The van der Waals surface area contributed by atoms with Crippen LogP contribution in [0.1, 0.15) is 10.4 Å². The molecule has 4 rings (SSSR count). The zero-order valence-electron chi connectivity index (χ0n) is 18.3. The highest BCUT2D eigenvalue weighted by Gasteiger charge is 2.16. The summed E-state index contributed by atoms with van der Waals surface area (Å²) in [6.45, 7) is 3.07. The first-order valence-electron chi connectivity index (χ1n) is 10.3. The molecule has 0 aliphatic carbocycles. The van der Waals surface area contributed by atoms with Gasteiger partial charge < -0.3 is 29.7 Å². The lowest BCUT2D eigenvalue weighted by molar-refractivity contribution is 0.0602. The Balaban J connectivity index is 1.57. The lowest BCUT2D eigenvalue weighted by atomic mass is 10.2. The molecule has 3 aromatic rings. The second kappa shape index (κ2) is 10.4. The van der Waals surface area contributed by atoms with Crippen molar-refractivity contribution in [1.29, 1.82) is 0 Å². The van der Waals surface area contributed by atoms with Crippen molar-refractivity contribution in [2.45, 2.75) is 0 Å². The first kappa shape index (κ1) is 22.6. The van der Waals surface area contributed by atoms with Gasteiger partial charge in [0.2, 0.25) is 5.95 Å². The van der Waals surface area contributed by atoms with Crippen molar-refractivity contribution in [2.24, 2.45) is 0 Å². The van der Waals surface area contributed by atoms with Crippen molar-refractivity contribution in [3.05, 3.63) is 59.2 Å². The Labute approximate surface area is 196 Å². The van der Waals surface area contributed by atoms with E-state index < -0.39 is 5.97 Å². The minimum Gasteiger partial charge on any atom is -0.494 e. The molecule has 0 amide bonds. The van der Waals surface area contributed by atoms with Crippen LogP contribution in [0.2, 0.25) is 5.02 Å². The van der Waals surface area contributed by atoms with Gasteiger partial charge in [-0.3, -0.25) is 0 Å². The van der Waals surface area contributed by atoms with E-state index in [-0.39, 0.29) is 0 Å². The predicted octanol–water partition coefficient (Wildman–Crippen LogP) is 4.25. The minimum absolute atomic E-state index is 0.301. The van der Waals surface area contributed by atoms with Gasteiger partial charge in [0.15, 0.2) is 5.82 Å². The minimum atomic E-state index is -0.466. The molecule has 2 aromatic carbocycles. The summed E-state index contributed by atoms with van der Waals surface area (Å²) in [6.07, 6.45) is 1.48. The second-order valence-electron chi connectivity index (χ2n) is 7.16. The smallest absolute Gasteiger partial charge is 0.339 e. The number of rotatable bonds is 7. The van der Waals surface area contributed by atoms with E-state index >= 15 is 0 Å². The molecule has 1 saturated heterocycles. The van der Waals surface area contributed by atoms with E-state index in [2.05, 4.69) is 25.5 Å². The van der Waals surface area contributed by atoms with Crippen LogP contribution < -0.4 is 20.3 Å². The molecule has 0 radical (unpaired) electrons. The third kappa shape index (κ3) is 5.27. The van der Waals surface area contributed by atoms with Crippen LogP contribution in [0.25, 0.3) is 0 Å². The van der Waals surface area contributed by atoms with Crippen molar-refractivity contribution >= 4 is 46.4 Å². The number of carbonyl (C=O) groups excluding carboxylic acids is 1. The van der Waals surface area contributed by atoms with Crippen LogP contribution in [0.5, 0.6) is 5.75 Å². The Morgan fingerprint density at radius 2 is 1.88 bits per heavy atom. The van der Waals surface area contributed by atoms with E-state index in [9.17, 15) is 4.79 Å². The number of nitrogens with one attached hydrogen (secondary N) is 2. The monoisotopic (exact) mass is 469 g/mol. The summed E-state index contributed by atoms with van der Waals surface area (Å²) < 4.78 is 15.9. The van der Waals surface area contributed by atoms with E-state index in [1.165, 1.54) is 13.3 Å². The molecule has 1 aliphatic rings. The molecular formula is C23H24ClN5O4. The molecule has 0 bridgehead atoms. The lowest BCUT2D eigenvalue weighted by Crippen LogP contribution is -2.36. The fourth-order valence-corrected chi connectivity index (χ4v) is 3.58. The average Bonchev–Trinajstić information content (AvgIpc) is 2.86. The largest absolute Gasteiger partial charge is 0.494 e. The van der Waals surface area contributed by atoms with Crippen LogP contribution in [-0.4, -0.2) is 56.5 Å². The summed E-state index contributed by atoms with van der Waals surface area (Å²) >= 11 is 6.31. The van der Waals surface area contributed by atoms with Crippen LogP contribution in [0.4, 0.5) is 28.8 Å². The zero-order valence-corrected chi connectivity index (χ0v) is 19.1. The fraction of sp³-hybridized carbons (Fsp3) is 0.261. The van der Waals surface area contributed by atoms with E-state index in [1.807, 2.05) is 18.2 Å². The van der Waals surface area contributed by atoms with Crippen LogP contribution in [-0.2, 0) is 9.47 Å². The van der Waals surface area contributed by atoms with Crippen molar-refractivity contribution in [3.8, 4) is 5.75 Å². The number of ether oxygens (including phenoxy) is 3. The van der Waals surface area contributed by atoms with Crippen LogP contribution in [0.3, 0.4) is 0 Å². The molecular weight excluding hydrogens is 446 g/mol. The molecule has 172 valence electrons. The SMILES string of the molecule is COC(=O)c1ccccc1Nc1nc(Nc2ccc(N3CCOCC3)cc2OC)ncc1Cl. The molecule has 0 unspecified atom stereocenters. The highest BCUT2D eigenvalue weighted by Crippen LogP contribution is 2.33. The van der Waals surface area contributed by atoms with Gasteiger partial charge in [0.05, 0.1) is 50.6 Å². The van der Waals surface area contributed by atoms with E-state index in [0.29, 0.717) is 52.7 Å². The van der Waals surface area contributed by atoms with Gasteiger partial charge in [-0.25, -0.2) is 9.78 Å². The Hall–Kier alpha value is -3.56. The molecule has 10 heteroatoms. The number of hydrogen-bond acceptors (Lipinski definition) is 9. The highest BCUT2D eigenvalue weighted by molar-refractivity contribution is 6.33. The van der Waals surface area contributed by atoms with Gasteiger partial charge >= 0.3 is 5.97 Å². The summed E-state index contributed by atoms with van der Waals surface area (Å²) in [7, 11) is 2.94. The summed E-state index contributed by atoms with van der Waals surface area (Å²) in [5.41, 5.74) is 2.64. The first-order chi connectivity index (χ1) is 16.1. The number of benzene rings is 2. The van der Waals surface area contributed by atoms with Crippen molar-refractivity contribution in [2.75, 3.05) is 56.1 Å². The molecule has 0 saturated carbocycles. The van der Waals surface area contributed by atoms with E-state index in [0.717, 1.165) is 18.8 Å². The van der Waals surface area contributed by atoms with Crippen LogP contribution in [0.15, 0.2) is 48.7 Å². The number of esters is 1. The fourth-order valence-electron chi connectivity index (χ4n) is 3.44. The average molecular weight is 470 g/mol. The topological polar surface area (TPSA) is 97.8 Å². The first-order valence-corrected chi connectivity index (χ1v) is 10.7. The number of nitrogens with zero attached hydrogens (tertiary/aromatic N) is 3. The maximum absolute atomic E-state index is 12.1. The number of aromatic nitrogens is 2. The molecule has 33 heavy (non-hydrogen) atoms. The summed E-state index contributed by atoms with van der Waals surface area (Å²) in [4.78, 5) is 23.1. The number of para-hydroxylation sites is 1. The molecule has 1 aromatic heterocycles. The van der Waals surface area contributed by atoms with Gasteiger partial charge in [-0.1, -0.05) is 23.7 Å². The molecule has 2 heterocycles. The number of halogens is 1. The maximum atomic E-state index is 12.1. The number of anilines is 5.